The fourth-order valence-electron chi connectivity index (χ4n) is 3.63. The van der Waals surface area contributed by atoms with Crippen LogP contribution in [-0.2, 0) is 16.0 Å². The van der Waals surface area contributed by atoms with E-state index < -0.39 is 0 Å². The molecule has 0 spiro atoms. The number of pyridine rings is 1. The maximum atomic E-state index is 12.8. The van der Waals surface area contributed by atoms with Gasteiger partial charge < -0.3 is 14.8 Å². The average molecular weight is 427 g/mol. The highest BCUT2D eigenvalue weighted by molar-refractivity contribution is 7.11. The lowest BCUT2D eigenvalue weighted by Gasteiger charge is -2.32. The van der Waals surface area contributed by atoms with E-state index in [2.05, 4.69) is 15.2 Å². The Bertz CT molecular complexity index is 1020. The molecule has 1 amide bonds. The average Bonchev–Trinajstić information content (AvgIpc) is 3.17. The van der Waals surface area contributed by atoms with Crippen LogP contribution >= 0.6 is 11.3 Å². The van der Waals surface area contributed by atoms with Gasteiger partial charge in [0.15, 0.2) is 0 Å². The first-order valence-corrected chi connectivity index (χ1v) is 10.9. The van der Waals surface area contributed by atoms with Crippen LogP contribution in [0.25, 0.3) is 10.9 Å². The largest absolute Gasteiger partial charge is 0.383 e. The lowest BCUT2D eigenvalue weighted by atomic mass is 10.0. The van der Waals surface area contributed by atoms with Gasteiger partial charge in [0, 0.05) is 49.7 Å². The number of morpholine rings is 1. The van der Waals surface area contributed by atoms with Crippen LogP contribution in [-0.4, -0.2) is 60.7 Å². The molecule has 1 atom stereocenters. The van der Waals surface area contributed by atoms with Gasteiger partial charge in [-0.25, -0.2) is 9.97 Å². The molecule has 8 heteroatoms. The number of benzene rings is 1. The van der Waals surface area contributed by atoms with Crippen LogP contribution in [0.1, 0.15) is 32.0 Å². The first-order valence-electron chi connectivity index (χ1n) is 10.1. The minimum absolute atomic E-state index is 0.125. The maximum absolute atomic E-state index is 12.8. The third kappa shape index (κ3) is 4.84. The Balaban J connectivity index is 1.57. The molecule has 0 bridgehead atoms. The summed E-state index contributed by atoms with van der Waals surface area (Å²) in [5.74, 6) is -0.125. The summed E-state index contributed by atoms with van der Waals surface area (Å²) in [6, 6.07) is 9.59. The van der Waals surface area contributed by atoms with E-state index in [0.717, 1.165) is 41.2 Å². The van der Waals surface area contributed by atoms with E-state index in [1.54, 1.807) is 18.4 Å². The normalized spacial score (nSPS) is 17.3. The molecule has 1 fully saturated rings. The monoisotopic (exact) mass is 426 g/mol. The van der Waals surface area contributed by atoms with E-state index in [0.29, 0.717) is 25.3 Å². The Morgan fingerprint density at radius 3 is 3.07 bits per heavy atom. The van der Waals surface area contributed by atoms with Gasteiger partial charge in [0.1, 0.15) is 6.10 Å². The van der Waals surface area contributed by atoms with Crippen molar-refractivity contribution in [3.8, 4) is 0 Å². The molecule has 1 aromatic carbocycles. The van der Waals surface area contributed by atoms with Crippen LogP contribution in [0.15, 0.2) is 36.5 Å². The number of aryl methyl sites for hydroxylation is 1. The van der Waals surface area contributed by atoms with Crippen molar-refractivity contribution in [2.24, 2.45) is 0 Å². The van der Waals surface area contributed by atoms with Crippen molar-refractivity contribution >= 4 is 28.1 Å². The molecule has 3 heterocycles. The molecule has 158 valence electrons. The third-order valence-electron chi connectivity index (χ3n) is 5.10. The zero-order valence-corrected chi connectivity index (χ0v) is 18.1. The topological polar surface area (TPSA) is 76.6 Å². The van der Waals surface area contributed by atoms with Crippen molar-refractivity contribution in [3.63, 3.8) is 0 Å². The summed E-state index contributed by atoms with van der Waals surface area (Å²) in [6.45, 7) is 6.03. The van der Waals surface area contributed by atoms with Gasteiger partial charge in [-0.3, -0.25) is 9.69 Å². The summed E-state index contributed by atoms with van der Waals surface area (Å²) in [4.78, 5) is 25.6. The number of thiazole rings is 1. The molecule has 2 aromatic heterocycles. The number of amides is 1. The third-order valence-corrected chi connectivity index (χ3v) is 6.00. The number of methoxy groups -OCH3 is 1. The SMILES string of the molecule is COCCNC(=O)c1cc([C@H]2CN(Cc3cnc(C)s3)CCO2)nc2ccccc12. The molecule has 1 N–H and O–H groups in total. The van der Waals surface area contributed by atoms with Crippen molar-refractivity contribution in [2.75, 3.05) is 40.0 Å². The number of ether oxygens (including phenoxy) is 2. The number of fused-ring (bicyclic) bond motifs is 1. The first-order chi connectivity index (χ1) is 14.6. The summed E-state index contributed by atoms with van der Waals surface area (Å²) >= 11 is 1.72. The predicted molar refractivity (Wildman–Crippen MR) is 117 cm³/mol. The summed E-state index contributed by atoms with van der Waals surface area (Å²) < 4.78 is 11.1. The number of carbonyl (C=O) groups excluding carboxylic acids is 1. The fourth-order valence-corrected chi connectivity index (χ4v) is 4.47. The zero-order chi connectivity index (χ0) is 20.9. The second-order valence-electron chi connectivity index (χ2n) is 7.30. The Labute approximate surface area is 180 Å². The standard InChI is InChI=1S/C22H26N4O3S/c1-15-24-12-16(30-15)13-26-8-10-29-21(14-26)20-11-18(22(27)23-7-9-28-2)17-5-3-4-6-19(17)25-20/h3-6,11-12,21H,7-10,13-14H2,1-2H3,(H,23,27)/t21-/m1/s1. The molecule has 1 saturated heterocycles. The Hall–Kier alpha value is -2.39. The van der Waals surface area contributed by atoms with Crippen LogP contribution in [0.5, 0.6) is 0 Å². The lowest BCUT2D eigenvalue weighted by molar-refractivity contribution is -0.0345. The van der Waals surface area contributed by atoms with E-state index >= 15 is 0 Å². The van der Waals surface area contributed by atoms with Crippen LogP contribution < -0.4 is 5.32 Å². The molecule has 7 nitrogen and oxygen atoms in total. The van der Waals surface area contributed by atoms with Gasteiger partial charge in [0.25, 0.3) is 5.91 Å². The Morgan fingerprint density at radius 1 is 1.40 bits per heavy atom. The van der Waals surface area contributed by atoms with Gasteiger partial charge in [-0.1, -0.05) is 18.2 Å². The van der Waals surface area contributed by atoms with E-state index in [-0.39, 0.29) is 12.0 Å². The number of rotatable bonds is 7. The first kappa shape index (κ1) is 20.9. The van der Waals surface area contributed by atoms with Crippen LogP contribution in [0.4, 0.5) is 0 Å². The number of para-hydroxylation sites is 1. The smallest absolute Gasteiger partial charge is 0.252 e. The molecule has 0 unspecified atom stereocenters. The van der Waals surface area contributed by atoms with Crippen molar-refractivity contribution in [1.29, 1.82) is 0 Å². The van der Waals surface area contributed by atoms with E-state index in [9.17, 15) is 4.79 Å². The summed E-state index contributed by atoms with van der Waals surface area (Å²) in [7, 11) is 1.62. The number of aromatic nitrogens is 2. The van der Waals surface area contributed by atoms with Gasteiger partial charge in [-0.2, -0.15) is 0 Å². The van der Waals surface area contributed by atoms with E-state index in [1.807, 2.05) is 43.5 Å². The molecule has 0 aliphatic carbocycles. The van der Waals surface area contributed by atoms with Gasteiger partial charge in [0.05, 0.1) is 35.0 Å². The predicted octanol–water partition coefficient (Wildman–Crippen LogP) is 2.95. The molecule has 3 aromatic rings. The minimum atomic E-state index is -0.178. The van der Waals surface area contributed by atoms with Crippen LogP contribution in [0, 0.1) is 6.92 Å². The molecule has 30 heavy (non-hydrogen) atoms. The Morgan fingerprint density at radius 2 is 2.27 bits per heavy atom. The van der Waals surface area contributed by atoms with Gasteiger partial charge in [-0.15, -0.1) is 11.3 Å². The van der Waals surface area contributed by atoms with Gasteiger partial charge in [-0.05, 0) is 19.1 Å². The molecule has 0 radical (unpaired) electrons. The molecular formula is C22H26N4O3S. The van der Waals surface area contributed by atoms with Crippen molar-refractivity contribution in [2.45, 2.75) is 19.6 Å². The zero-order valence-electron chi connectivity index (χ0n) is 17.3. The summed E-state index contributed by atoms with van der Waals surface area (Å²) in [6.07, 6.45) is 1.77. The maximum Gasteiger partial charge on any atom is 0.252 e. The number of hydrogen-bond donors (Lipinski definition) is 1. The number of nitrogens with one attached hydrogen (secondary N) is 1. The van der Waals surface area contributed by atoms with Crippen molar-refractivity contribution in [3.05, 3.63) is 57.7 Å². The second-order valence-corrected chi connectivity index (χ2v) is 8.62. The van der Waals surface area contributed by atoms with Crippen LogP contribution in [0.3, 0.4) is 0 Å². The van der Waals surface area contributed by atoms with Crippen molar-refractivity contribution < 1.29 is 14.3 Å². The number of hydrogen-bond acceptors (Lipinski definition) is 7. The summed E-state index contributed by atoms with van der Waals surface area (Å²) in [5.41, 5.74) is 2.20. The lowest BCUT2D eigenvalue weighted by Crippen LogP contribution is -2.38. The van der Waals surface area contributed by atoms with Gasteiger partial charge >= 0.3 is 0 Å². The highest BCUT2D eigenvalue weighted by Gasteiger charge is 2.25. The quantitative estimate of drug-likeness (QED) is 0.586. The molecule has 0 saturated carbocycles. The fraction of sp³-hybridized carbons (Fsp3) is 0.409. The highest BCUT2D eigenvalue weighted by Crippen LogP contribution is 2.27. The molecule has 4 rings (SSSR count). The van der Waals surface area contributed by atoms with E-state index in [4.69, 9.17) is 14.5 Å². The summed E-state index contributed by atoms with van der Waals surface area (Å²) in [5, 5.41) is 4.83. The second kappa shape index (κ2) is 9.61. The number of carbonyl (C=O) groups is 1. The van der Waals surface area contributed by atoms with Crippen molar-refractivity contribution in [1.82, 2.24) is 20.2 Å². The number of nitrogens with zero attached hydrogens (tertiary/aromatic N) is 3. The molecule has 1 aliphatic rings. The Kier molecular flexibility index (Phi) is 6.69. The minimum Gasteiger partial charge on any atom is -0.383 e. The molecule has 1 aliphatic heterocycles. The van der Waals surface area contributed by atoms with Crippen LogP contribution in [0.2, 0.25) is 0 Å². The van der Waals surface area contributed by atoms with Gasteiger partial charge in [0.2, 0.25) is 0 Å². The highest BCUT2D eigenvalue weighted by atomic mass is 32.1. The van der Waals surface area contributed by atoms with E-state index in [1.165, 1.54) is 4.88 Å². The molecular weight excluding hydrogens is 400 g/mol.